The van der Waals surface area contributed by atoms with Crippen LogP contribution in [0.25, 0.3) is 0 Å². The summed E-state index contributed by atoms with van der Waals surface area (Å²) in [6.45, 7) is 8.64. The Bertz CT molecular complexity index is 817. The van der Waals surface area contributed by atoms with Gasteiger partial charge in [0.05, 0.1) is 26.4 Å². The Morgan fingerprint density at radius 2 is 2.03 bits per heavy atom. The number of carboxylic acid groups (broad SMARTS) is 1. The highest BCUT2D eigenvalue weighted by atomic mass is 79.9. The molecule has 0 unspecified atom stereocenters. The normalized spacial score (nSPS) is 24.7. The van der Waals surface area contributed by atoms with Crippen LogP contribution in [0, 0.1) is 5.41 Å². The van der Waals surface area contributed by atoms with Crippen LogP contribution in [0.5, 0.6) is 0 Å². The summed E-state index contributed by atoms with van der Waals surface area (Å²) in [5, 5.41) is 12.4. The lowest BCUT2D eigenvalue weighted by Gasteiger charge is -2.24. The standard InChI is InChI=1S/C20H24BrN3O5/c1-3-7-28-11-13-5-6-16(21)22-17(13)23-18(25)14-9-20(12-29-8-4-2)10-15(20)24(14)19(26)27/h3-6,14-15H,1-2,7-12H2,(H,26,27)(H,22,23,25)/t14-,15+,20-/m0/s1. The van der Waals surface area contributed by atoms with Crippen LogP contribution in [-0.4, -0.2) is 58.9 Å². The molecule has 29 heavy (non-hydrogen) atoms. The van der Waals surface area contributed by atoms with Crippen molar-refractivity contribution in [2.45, 2.75) is 31.5 Å². The van der Waals surface area contributed by atoms with Gasteiger partial charge >= 0.3 is 6.09 Å². The molecule has 1 aliphatic carbocycles. The van der Waals surface area contributed by atoms with Crippen LogP contribution in [0.4, 0.5) is 10.6 Å². The van der Waals surface area contributed by atoms with Gasteiger partial charge in [-0.05, 0) is 34.8 Å². The van der Waals surface area contributed by atoms with E-state index in [2.05, 4.69) is 39.4 Å². The molecule has 1 aromatic rings. The van der Waals surface area contributed by atoms with E-state index < -0.39 is 18.0 Å². The number of hydrogen-bond acceptors (Lipinski definition) is 5. The number of nitrogens with zero attached hydrogens (tertiary/aromatic N) is 2. The maximum Gasteiger partial charge on any atom is 0.408 e. The van der Waals surface area contributed by atoms with Gasteiger partial charge in [-0.25, -0.2) is 9.78 Å². The molecule has 1 aliphatic heterocycles. The van der Waals surface area contributed by atoms with Gasteiger partial charge in [0.1, 0.15) is 16.5 Å². The first-order valence-corrected chi connectivity index (χ1v) is 10.1. The average Bonchev–Trinajstić information content (AvgIpc) is 3.27. The number of pyridine rings is 1. The molecule has 2 N–H and O–H groups in total. The van der Waals surface area contributed by atoms with Crippen molar-refractivity contribution in [2.24, 2.45) is 5.41 Å². The zero-order valence-corrected chi connectivity index (χ0v) is 17.6. The molecule has 3 rings (SSSR count). The van der Waals surface area contributed by atoms with E-state index in [0.717, 1.165) is 0 Å². The second-order valence-corrected chi connectivity index (χ2v) is 8.04. The summed E-state index contributed by atoms with van der Waals surface area (Å²) in [4.78, 5) is 30.4. The van der Waals surface area contributed by atoms with Crippen LogP contribution < -0.4 is 5.32 Å². The third-order valence-corrected chi connectivity index (χ3v) is 5.69. The predicted octanol–water partition coefficient (Wildman–Crippen LogP) is 3.20. The van der Waals surface area contributed by atoms with Crippen molar-refractivity contribution < 1.29 is 24.2 Å². The van der Waals surface area contributed by atoms with Crippen LogP contribution in [0.1, 0.15) is 18.4 Å². The Labute approximate surface area is 177 Å². The number of amides is 2. The van der Waals surface area contributed by atoms with E-state index >= 15 is 0 Å². The minimum atomic E-state index is -1.10. The lowest BCUT2D eigenvalue weighted by atomic mass is 10.00. The van der Waals surface area contributed by atoms with E-state index in [9.17, 15) is 14.7 Å². The number of rotatable bonds is 10. The first-order chi connectivity index (χ1) is 13.9. The van der Waals surface area contributed by atoms with Crippen molar-refractivity contribution in [3.8, 4) is 0 Å². The van der Waals surface area contributed by atoms with E-state index in [1.165, 1.54) is 4.90 Å². The predicted molar refractivity (Wildman–Crippen MR) is 111 cm³/mol. The number of nitrogens with one attached hydrogen (secondary N) is 1. The van der Waals surface area contributed by atoms with Crippen molar-refractivity contribution in [3.63, 3.8) is 0 Å². The van der Waals surface area contributed by atoms with Gasteiger partial charge in [0.25, 0.3) is 0 Å². The summed E-state index contributed by atoms with van der Waals surface area (Å²) >= 11 is 3.30. The molecule has 0 aromatic carbocycles. The summed E-state index contributed by atoms with van der Waals surface area (Å²) in [7, 11) is 0. The highest BCUT2D eigenvalue weighted by Crippen LogP contribution is 2.59. The molecule has 9 heteroatoms. The van der Waals surface area contributed by atoms with Crippen LogP contribution in [0.3, 0.4) is 0 Å². The summed E-state index contributed by atoms with van der Waals surface area (Å²) in [5.74, 6) is -0.0606. The average molecular weight is 466 g/mol. The van der Waals surface area contributed by atoms with Crippen molar-refractivity contribution in [1.82, 2.24) is 9.88 Å². The molecule has 1 saturated heterocycles. The van der Waals surface area contributed by atoms with Gasteiger partial charge in [0.2, 0.25) is 5.91 Å². The monoisotopic (exact) mass is 465 g/mol. The molecule has 0 spiro atoms. The first kappa shape index (κ1) is 21.5. The molecular weight excluding hydrogens is 442 g/mol. The Balaban J connectivity index is 1.73. The molecule has 1 saturated carbocycles. The van der Waals surface area contributed by atoms with Crippen molar-refractivity contribution >= 4 is 33.7 Å². The molecule has 0 bridgehead atoms. The molecule has 3 atom stereocenters. The minimum absolute atomic E-state index is 0.202. The second kappa shape index (κ2) is 9.06. The van der Waals surface area contributed by atoms with Crippen molar-refractivity contribution in [1.29, 1.82) is 0 Å². The number of fused-ring (bicyclic) bond motifs is 1. The van der Waals surface area contributed by atoms with Gasteiger partial charge in [-0.2, -0.15) is 0 Å². The van der Waals surface area contributed by atoms with Gasteiger partial charge < -0.3 is 19.9 Å². The van der Waals surface area contributed by atoms with E-state index in [0.29, 0.717) is 48.6 Å². The number of carbonyl (C=O) groups is 2. The van der Waals surface area contributed by atoms with Crippen molar-refractivity contribution in [3.05, 3.63) is 47.6 Å². The Morgan fingerprint density at radius 3 is 2.72 bits per heavy atom. The number of anilines is 1. The lowest BCUT2D eigenvalue weighted by molar-refractivity contribution is -0.120. The van der Waals surface area contributed by atoms with Gasteiger partial charge in [-0.1, -0.05) is 18.2 Å². The number of aromatic nitrogens is 1. The van der Waals surface area contributed by atoms with Crippen molar-refractivity contribution in [2.75, 3.05) is 25.1 Å². The fourth-order valence-electron chi connectivity index (χ4n) is 3.83. The highest BCUT2D eigenvalue weighted by molar-refractivity contribution is 9.10. The second-order valence-electron chi connectivity index (χ2n) is 7.23. The zero-order chi connectivity index (χ0) is 21.0. The van der Waals surface area contributed by atoms with E-state index in [1.54, 1.807) is 24.3 Å². The molecule has 8 nitrogen and oxygen atoms in total. The number of ether oxygens (including phenoxy) is 2. The van der Waals surface area contributed by atoms with Crippen LogP contribution in [-0.2, 0) is 20.9 Å². The van der Waals surface area contributed by atoms with Crippen LogP contribution in [0.15, 0.2) is 42.0 Å². The summed E-state index contributed by atoms with van der Waals surface area (Å²) in [6, 6.07) is 2.55. The smallest absolute Gasteiger partial charge is 0.408 e. The Hall–Kier alpha value is -2.23. The topological polar surface area (TPSA) is 101 Å². The van der Waals surface area contributed by atoms with Crippen LogP contribution >= 0.6 is 15.9 Å². The molecule has 2 fully saturated rings. The molecular formula is C20H24BrN3O5. The maximum absolute atomic E-state index is 13.0. The van der Waals surface area contributed by atoms with Crippen LogP contribution in [0.2, 0.25) is 0 Å². The number of halogens is 1. The minimum Gasteiger partial charge on any atom is -0.465 e. The fourth-order valence-corrected chi connectivity index (χ4v) is 4.14. The van der Waals surface area contributed by atoms with E-state index in [4.69, 9.17) is 9.47 Å². The zero-order valence-electron chi connectivity index (χ0n) is 16.0. The fraction of sp³-hybridized carbons (Fsp3) is 0.450. The summed E-state index contributed by atoms with van der Waals surface area (Å²) < 4.78 is 11.6. The van der Waals surface area contributed by atoms with Gasteiger partial charge in [0.15, 0.2) is 0 Å². The Morgan fingerprint density at radius 1 is 1.31 bits per heavy atom. The molecule has 2 aliphatic rings. The summed E-state index contributed by atoms with van der Waals surface area (Å²) in [5.41, 5.74) is 0.391. The lowest BCUT2D eigenvalue weighted by Crippen LogP contribution is -2.45. The quantitative estimate of drug-likeness (QED) is 0.312. The number of likely N-dealkylation sites (tertiary alicyclic amines) is 1. The number of piperidine rings is 1. The number of carbonyl (C=O) groups excluding carboxylic acids is 1. The maximum atomic E-state index is 13.0. The molecule has 156 valence electrons. The highest BCUT2D eigenvalue weighted by Gasteiger charge is 2.67. The van der Waals surface area contributed by atoms with Gasteiger partial charge in [0, 0.05) is 17.0 Å². The molecule has 2 heterocycles. The number of hydrogen-bond donors (Lipinski definition) is 2. The molecule has 2 amide bonds. The van der Waals surface area contributed by atoms with E-state index in [-0.39, 0.29) is 18.1 Å². The van der Waals surface area contributed by atoms with E-state index in [1.807, 2.05) is 0 Å². The third kappa shape index (κ3) is 4.68. The van der Waals surface area contributed by atoms with Gasteiger partial charge in [-0.15, -0.1) is 13.2 Å². The molecule has 0 radical (unpaired) electrons. The summed E-state index contributed by atoms with van der Waals surface area (Å²) in [6.07, 6.45) is 3.31. The SMILES string of the molecule is C=CCOCc1ccc(Br)nc1NC(=O)[C@@H]1C[C@@]2(COCC=C)C[C@H]2N1C(=O)O. The third-order valence-electron chi connectivity index (χ3n) is 5.25. The largest absolute Gasteiger partial charge is 0.465 e. The Kier molecular flexibility index (Phi) is 6.71. The van der Waals surface area contributed by atoms with Gasteiger partial charge in [-0.3, -0.25) is 9.69 Å². The first-order valence-electron chi connectivity index (χ1n) is 9.26. The molecule has 1 aromatic heterocycles.